The molecule has 0 spiro atoms. The van der Waals surface area contributed by atoms with Crippen molar-refractivity contribution in [3.8, 4) is 11.3 Å². The zero-order chi connectivity index (χ0) is 18.4. The molecule has 1 amide bonds. The molecule has 4 nitrogen and oxygen atoms in total. The van der Waals surface area contributed by atoms with Gasteiger partial charge in [-0.1, -0.05) is 12.1 Å². The number of fused-ring (bicyclic) bond motifs is 1. The van der Waals surface area contributed by atoms with E-state index in [1.54, 1.807) is 24.3 Å². The number of amides is 1. The summed E-state index contributed by atoms with van der Waals surface area (Å²) in [6.45, 7) is 0. The van der Waals surface area contributed by atoms with Crippen molar-refractivity contribution in [1.82, 2.24) is 4.98 Å². The molecule has 0 bridgehead atoms. The normalized spacial score (nSPS) is 11.8. The SMILES string of the molecule is CSc1ccc(-c2cc(C(F)(F)F)c3c(N)c(C(N)=O)sc3n2)cc1. The van der Waals surface area contributed by atoms with Crippen LogP contribution in [0.5, 0.6) is 0 Å². The molecule has 0 unspecified atom stereocenters. The van der Waals surface area contributed by atoms with E-state index in [0.717, 1.165) is 22.3 Å². The Morgan fingerprint density at radius 2 is 1.88 bits per heavy atom. The number of thiophene rings is 1. The third-order valence-corrected chi connectivity index (χ3v) is 5.47. The highest BCUT2D eigenvalue weighted by atomic mass is 32.2. The summed E-state index contributed by atoms with van der Waals surface area (Å²) in [4.78, 5) is 16.6. The molecule has 0 aliphatic heterocycles. The second kappa shape index (κ2) is 6.23. The molecule has 0 aliphatic rings. The van der Waals surface area contributed by atoms with Gasteiger partial charge < -0.3 is 11.5 Å². The molecule has 130 valence electrons. The van der Waals surface area contributed by atoms with Gasteiger partial charge in [-0.3, -0.25) is 4.79 Å². The number of halogens is 3. The van der Waals surface area contributed by atoms with Gasteiger partial charge in [0.1, 0.15) is 9.71 Å². The number of carbonyl (C=O) groups is 1. The molecule has 3 rings (SSSR count). The number of hydrogen-bond donors (Lipinski definition) is 2. The number of aromatic nitrogens is 1. The van der Waals surface area contributed by atoms with Crippen LogP contribution in [0.2, 0.25) is 0 Å². The van der Waals surface area contributed by atoms with E-state index < -0.39 is 17.6 Å². The minimum Gasteiger partial charge on any atom is -0.397 e. The zero-order valence-electron chi connectivity index (χ0n) is 12.8. The van der Waals surface area contributed by atoms with Crippen LogP contribution < -0.4 is 11.5 Å². The number of rotatable bonds is 3. The van der Waals surface area contributed by atoms with Crippen molar-refractivity contribution in [1.29, 1.82) is 0 Å². The summed E-state index contributed by atoms with van der Waals surface area (Å²) >= 11 is 2.29. The second-order valence-corrected chi connectivity index (χ2v) is 7.05. The van der Waals surface area contributed by atoms with Crippen molar-refractivity contribution < 1.29 is 18.0 Å². The highest BCUT2D eigenvalue weighted by Gasteiger charge is 2.36. The number of benzene rings is 1. The van der Waals surface area contributed by atoms with E-state index in [1.807, 2.05) is 6.26 Å². The molecule has 1 aromatic carbocycles. The number of primary amides is 1. The molecule has 2 heterocycles. The van der Waals surface area contributed by atoms with E-state index in [9.17, 15) is 18.0 Å². The molecule has 0 fully saturated rings. The van der Waals surface area contributed by atoms with Gasteiger partial charge >= 0.3 is 6.18 Å². The highest BCUT2D eigenvalue weighted by molar-refractivity contribution is 7.98. The molecule has 2 aromatic heterocycles. The summed E-state index contributed by atoms with van der Waals surface area (Å²) in [5.74, 6) is -0.875. The molecular weight excluding hydrogens is 371 g/mol. The van der Waals surface area contributed by atoms with Gasteiger partial charge in [0.2, 0.25) is 0 Å². The first kappa shape index (κ1) is 17.6. The van der Waals surface area contributed by atoms with Crippen molar-refractivity contribution in [2.45, 2.75) is 11.1 Å². The fourth-order valence-electron chi connectivity index (χ4n) is 2.44. The molecule has 4 N–H and O–H groups in total. The number of nitrogens with zero attached hydrogens (tertiary/aromatic N) is 1. The Morgan fingerprint density at radius 1 is 1.24 bits per heavy atom. The Labute approximate surface area is 149 Å². The molecular formula is C16H12F3N3OS2. The number of thioether (sulfide) groups is 1. The van der Waals surface area contributed by atoms with Gasteiger partial charge in [0.25, 0.3) is 5.91 Å². The summed E-state index contributed by atoms with van der Waals surface area (Å²) in [7, 11) is 0. The van der Waals surface area contributed by atoms with Gasteiger partial charge in [-0.25, -0.2) is 4.98 Å². The summed E-state index contributed by atoms with van der Waals surface area (Å²) < 4.78 is 40.6. The topological polar surface area (TPSA) is 82.0 Å². The summed E-state index contributed by atoms with van der Waals surface area (Å²) in [5.41, 5.74) is 10.4. The van der Waals surface area contributed by atoms with Crippen LogP contribution >= 0.6 is 23.1 Å². The van der Waals surface area contributed by atoms with E-state index in [-0.39, 0.29) is 26.5 Å². The van der Waals surface area contributed by atoms with Crippen LogP contribution in [0.25, 0.3) is 21.5 Å². The first-order valence-corrected chi connectivity index (χ1v) is 9.01. The number of alkyl halides is 3. The Hall–Kier alpha value is -2.26. The maximum Gasteiger partial charge on any atom is 0.417 e. The lowest BCUT2D eigenvalue weighted by Crippen LogP contribution is -2.11. The lowest BCUT2D eigenvalue weighted by atomic mass is 10.1. The number of nitrogen functional groups attached to an aromatic ring is 1. The molecule has 9 heteroatoms. The number of anilines is 1. The number of hydrogen-bond acceptors (Lipinski definition) is 5. The Balaban J connectivity index is 2.29. The maximum absolute atomic E-state index is 13.5. The van der Waals surface area contributed by atoms with Gasteiger partial charge in [-0.05, 0) is 24.5 Å². The van der Waals surface area contributed by atoms with Crippen molar-refractivity contribution in [2.75, 3.05) is 12.0 Å². The maximum atomic E-state index is 13.5. The summed E-state index contributed by atoms with van der Waals surface area (Å²) in [5, 5.41) is -0.282. The molecule has 0 radical (unpaired) electrons. The number of carbonyl (C=O) groups excluding carboxylic acids is 1. The molecule has 25 heavy (non-hydrogen) atoms. The molecule has 0 atom stereocenters. The number of nitrogens with two attached hydrogens (primary N) is 2. The monoisotopic (exact) mass is 383 g/mol. The first-order valence-electron chi connectivity index (χ1n) is 6.96. The second-order valence-electron chi connectivity index (χ2n) is 5.17. The first-order chi connectivity index (χ1) is 11.7. The Bertz CT molecular complexity index is 965. The fraction of sp³-hybridized carbons (Fsp3) is 0.125. The van der Waals surface area contributed by atoms with Crippen LogP contribution in [0.4, 0.5) is 18.9 Å². The lowest BCUT2D eigenvalue weighted by Gasteiger charge is -2.11. The van der Waals surface area contributed by atoms with E-state index in [0.29, 0.717) is 5.56 Å². The minimum absolute atomic E-state index is 0.0325. The third-order valence-electron chi connectivity index (χ3n) is 3.61. The van der Waals surface area contributed by atoms with Crippen LogP contribution in [0.3, 0.4) is 0 Å². The standard InChI is InChI=1S/C16H12F3N3OS2/c1-24-8-4-2-7(3-5-8)10-6-9(16(17,18)19)11-12(20)13(14(21)23)25-15(11)22-10/h2-6H,20H2,1H3,(H2,21,23). The molecule has 3 aromatic rings. The van der Waals surface area contributed by atoms with Crippen LogP contribution in [0, 0.1) is 0 Å². The quantitative estimate of drug-likeness (QED) is 0.658. The van der Waals surface area contributed by atoms with Gasteiger partial charge in [0.15, 0.2) is 0 Å². The molecule has 0 aliphatic carbocycles. The van der Waals surface area contributed by atoms with Crippen molar-refractivity contribution in [2.24, 2.45) is 5.73 Å². The van der Waals surface area contributed by atoms with Crippen molar-refractivity contribution in [3.63, 3.8) is 0 Å². The zero-order valence-corrected chi connectivity index (χ0v) is 14.5. The van der Waals surface area contributed by atoms with E-state index in [1.165, 1.54) is 11.8 Å². The van der Waals surface area contributed by atoms with E-state index in [2.05, 4.69) is 4.98 Å². The Morgan fingerprint density at radius 3 is 2.40 bits per heavy atom. The van der Waals surface area contributed by atoms with Crippen molar-refractivity contribution in [3.05, 3.63) is 40.8 Å². The molecule has 0 saturated heterocycles. The van der Waals surface area contributed by atoms with Crippen LogP contribution in [0.15, 0.2) is 35.2 Å². The van der Waals surface area contributed by atoms with Crippen molar-refractivity contribution >= 4 is 44.9 Å². The fourth-order valence-corrected chi connectivity index (χ4v) is 3.82. The van der Waals surface area contributed by atoms with Gasteiger partial charge in [0.05, 0.1) is 16.9 Å². The predicted molar refractivity (Wildman–Crippen MR) is 94.8 cm³/mol. The van der Waals surface area contributed by atoms with Crippen LogP contribution in [-0.4, -0.2) is 17.1 Å². The van der Waals surface area contributed by atoms with Gasteiger partial charge in [-0.15, -0.1) is 23.1 Å². The third kappa shape index (κ3) is 3.16. The van der Waals surface area contributed by atoms with Gasteiger partial charge in [-0.2, -0.15) is 13.2 Å². The van der Waals surface area contributed by atoms with Crippen LogP contribution in [-0.2, 0) is 6.18 Å². The van der Waals surface area contributed by atoms with E-state index in [4.69, 9.17) is 11.5 Å². The smallest absolute Gasteiger partial charge is 0.397 e. The lowest BCUT2D eigenvalue weighted by molar-refractivity contribution is -0.136. The van der Waals surface area contributed by atoms with Crippen LogP contribution in [0.1, 0.15) is 15.2 Å². The minimum atomic E-state index is -4.64. The summed E-state index contributed by atoms with van der Waals surface area (Å²) in [6, 6.07) is 7.95. The highest BCUT2D eigenvalue weighted by Crippen LogP contribution is 2.43. The Kier molecular flexibility index (Phi) is 4.38. The average Bonchev–Trinajstić information content (AvgIpc) is 2.90. The largest absolute Gasteiger partial charge is 0.417 e. The van der Waals surface area contributed by atoms with E-state index >= 15 is 0 Å². The summed E-state index contributed by atoms with van der Waals surface area (Å²) in [6.07, 6.45) is -2.74. The predicted octanol–water partition coefficient (Wildman–Crippen LogP) is 4.39. The average molecular weight is 383 g/mol. The number of pyridine rings is 1. The molecule has 0 saturated carbocycles. The van der Waals surface area contributed by atoms with Gasteiger partial charge in [0, 0.05) is 15.8 Å².